The molecule has 0 radical (unpaired) electrons. The van der Waals surface area contributed by atoms with E-state index in [4.69, 9.17) is 8.94 Å². The molecule has 22 heavy (non-hydrogen) atoms. The summed E-state index contributed by atoms with van der Waals surface area (Å²) in [6, 6.07) is 7.81. The first-order valence-electron chi connectivity index (χ1n) is 6.79. The third kappa shape index (κ3) is 3.37. The molecule has 3 rings (SSSR count). The molecule has 1 aromatic carbocycles. The minimum Gasteiger partial charge on any atom is -0.419 e. The van der Waals surface area contributed by atoms with Crippen LogP contribution in [0.5, 0.6) is 0 Å². The molecular formula is C15H15FN4O2. The first-order valence-corrected chi connectivity index (χ1v) is 6.79. The van der Waals surface area contributed by atoms with E-state index in [9.17, 15) is 4.39 Å². The maximum absolute atomic E-state index is 12.9. The van der Waals surface area contributed by atoms with Gasteiger partial charge in [0, 0.05) is 18.2 Å². The van der Waals surface area contributed by atoms with Crippen LogP contribution in [0.15, 0.2) is 39.3 Å². The number of hydrogen-bond donors (Lipinski definition) is 0. The van der Waals surface area contributed by atoms with Crippen molar-refractivity contribution in [3.8, 4) is 11.5 Å². The molecule has 2 heterocycles. The highest BCUT2D eigenvalue weighted by atomic mass is 19.1. The third-order valence-electron chi connectivity index (χ3n) is 3.07. The van der Waals surface area contributed by atoms with Crippen LogP contribution in [-0.2, 0) is 13.1 Å². The van der Waals surface area contributed by atoms with Crippen molar-refractivity contribution in [3.63, 3.8) is 0 Å². The van der Waals surface area contributed by atoms with Crippen LogP contribution in [0.25, 0.3) is 11.5 Å². The van der Waals surface area contributed by atoms with Gasteiger partial charge in [-0.2, -0.15) is 0 Å². The fourth-order valence-electron chi connectivity index (χ4n) is 2.08. The molecule has 0 bridgehead atoms. The lowest BCUT2D eigenvalue weighted by Crippen LogP contribution is -2.17. The van der Waals surface area contributed by atoms with Crippen molar-refractivity contribution in [1.82, 2.24) is 20.3 Å². The zero-order chi connectivity index (χ0) is 15.5. The van der Waals surface area contributed by atoms with E-state index in [0.29, 0.717) is 30.4 Å². The highest BCUT2D eigenvalue weighted by Crippen LogP contribution is 2.18. The molecular weight excluding hydrogens is 287 g/mol. The number of aryl methyl sites for hydroxylation is 1. The largest absolute Gasteiger partial charge is 0.419 e. The summed E-state index contributed by atoms with van der Waals surface area (Å²) >= 11 is 0. The lowest BCUT2D eigenvalue weighted by atomic mass is 10.2. The molecule has 0 aliphatic carbocycles. The molecule has 7 heteroatoms. The predicted molar refractivity (Wildman–Crippen MR) is 76.1 cm³/mol. The summed E-state index contributed by atoms with van der Waals surface area (Å²) in [5.74, 6) is 1.34. The Morgan fingerprint density at radius 1 is 1.14 bits per heavy atom. The zero-order valence-electron chi connectivity index (χ0n) is 12.3. The van der Waals surface area contributed by atoms with Gasteiger partial charge in [-0.15, -0.1) is 10.2 Å². The minimum absolute atomic E-state index is 0.300. The second-order valence-electron chi connectivity index (χ2n) is 5.11. The van der Waals surface area contributed by atoms with E-state index < -0.39 is 0 Å². The number of benzene rings is 1. The first-order chi connectivity index (χ1) is 10.6. The van der Waals surface area contributed by atoms with E-state index in [1.165, 1.54) is 12.1 Å². The van der Waals surface area contributed by atoms with E-state index >= 15 is 0 Å². The van der Waals surface area contributed by atoms with Crippen LogP contribution in [0, 0.1) is 12.7 Å². The molecule has 0 aliphatic heterocycles. The standard InChI is InChI=1S/C15H15FN4O2/c1-10-7-13(19-22-10)8-20(2)9-14-17-18-15(21-14)11-3-5-12(16)6-4-11/h3-7H,8-9H2,1-2H3. The van der Waals surface area contributed by atoms with Crippen LogP contribution in [0.3, 0.4) is 0 Å². The van der Waals surface area contributed by atoms with Crippen LogP contribution in [0.4, 0.5) is 4.39 Å². The Kier molecular flexibility index (Phi) is 3.97. The average Bonchev–Trinajstić information content (AvgIpc) is 3.09. The van der Waals surface area contributed by atoms with Crippen LogP contribution in [0.2, 0.25) is 0 Å². The maximum atomic E-state index is 12.9. The van der Waals surface area contributed by atoms with Crippen molar-refractivity contribution in [3.05, 3.63) is 53.5 Å². The molecule has 0 saturated heterocycles. The Morgan fingerprint density at radius 2 is 1.91 bits per heavy atom. The van der Waals surface area contributed by atoms with Crippen LogP contribution < -0.4 is 0 Å². The monoisotopic (exact) mass is 302 g/mol. The highest BCUT2D eigenvalue weighted by Gasteiger charge is 2.12. The summed E-state index contributed by atoms with van der Waals surface area (Å²) in [4.78, 5) is 1.99. The second-order valence-corrected chi connectivity index (χ2v) is 5.11. The molecule has 0 saturated carbocycles. The van der Waals surface area contributed by atoms with Gasteiger partial charge in [-0.1, -0.05) is 5.16 Å². The average molecular weight is 302 g/mol. The topological polar surface area (TPSA) is 68.2 Å². The smallest absolute Gasteiger partial charge is 0.247 e. The van der Waals surface area contributed by atoms with Gasteiger partial charge >= 0.3 is 0 Å². The number of halogens is 1. The summed E-state index contributed by atoms with van der Waals surface area (Å²) < 4.78 is 23.5. The normalized spacial score (nSPS) is 11.3. The van der Waals surface area contributed by atoms with Crippen molar-refractivity contribution >= 4 is 0 Å². The van der Waals surface area contributed by atoms with Gasteiger partial charge in [0.05, 0.1) is 12.2 Å². The number of nitrogens with zero attached hydrogens (tertiary/aromatic N) is 4. The quantitative estimate of drug-likeness (QED) is 0.722. The minimum atomic E-state index is -0.300. The molecule has 0 atom stereocenters. The summed E-state index contributed by atoms with van der Waals surface area (Å²) in [5.41, 5.74) is 1.54. The molecule has 0 aliphatic rings. The molecule has 0 spiro atoms. The molecule has 0 fully saturated rings. The van der Waals surface area contributed by atoms with Crippen LogP contribution in [-0.4, -0.2) is 27.3 Å². The second kappa shape index (κ2) is 6.07. The molecule has 6 nitrogen and oxygen atoms in total. The lowest BCUT2D eigenvalue weighted by molar-refractivity contribution is 0.272. The SMILES string of the molecule is Cc1cc(CN(C)Cc2nnc(-c3ccc(F)cc3)o2)no1. The van der Waals surface area contributed by atoms with E-state index in [2.05, 4.69) is 15.4 Å². The van der Waals surface area contributed by atoms with Gasteiger partial charge in [-0.05, 0) is 38.2 Å². The fourth-order valence-corrected chi connectivity index (χ4v) is 2.08. The predicted octanol–water partition coefficient (Wildman–Crippen LogP) is 2.80. The van der Waals surface area contributed by atoms with Crippen molar-refractivity contribution in [2.45, 2.75) is 20.0 Å². The summed E-state index contributed by atoms with van der Waals surface area (Å²) in [7, 11) is 1.92. The van der Waals surface area contributed by atoms with Crippen molar-refractivity contribution < 1.29 is 13.3 Å². The van der Waals surface area contributed by atoms with Gasteiger partial charge in [0.1, 0.15) is 11.6 Å². The van der Waals surface area contributed by atoms with E-state index in [1.807, 2.05) is 24.9 Å². The van der Waals surface area contributed by atoms with Gasteiger partial charge < -0.3 is 8.94 Å². The van der Waals surface area contributed by atoms with Crippen molar-refractivity contribution in [2.24, 2.45) is 0 Å². The summed E-state index contributed by atoms with van der Waals surface area (Å²) in [5, 5.41) is 11.9. The number of hydrogen-bond acceptors (Lipinski definition) is 6. The van der Waals surface area contributed by atoms with Gasteiger partial charge in [0.2, 0.25) is 11.8 Å². The van der Waals surface area contributed by atoms with Crippen molar-refractivity contribution in [1.29, 1.82) is 0 Å². The first kappa shape index (κ1) is 14.4. The van der Waals surface area contributed by atoms with Gasteiger partial charge in [-0.3, -0.25) is 4.90 Å². The highest BCUT2D eigenvalue weighted by molar-refractivity contribution is 5.51. The fraction of sp³-hybridized carbons (Fsp3) is 0.267. The lowest BCUT2D eigenvalue weighted by Gasteiger charge is -2.11. The molecule has 0 N–H and O–H groups in total. The third-order valence-corrected chi connectivity index (χ3v) is 3.07. The Balaban J connectivity index is 1.65. The van der Waals surface area contributed by atoms with Gasteiger partial charge in [0.15, 0.2) is 0 Å². The number of aromatic nitrogens is 3. The van der Waals surface area contributed by atoms with Crippen molar-refractivity contribution in [2.75, 3.05) is 7.05 Å². The molecule has 114 valence electrons. The summed E-state index contributed by atoms with van der Waals surface area (Å²) in [6.07, 6.45) is 0. The van der Waals surface area contributed by atoms with E-state index in [1.54, 1.807) is 12.1 Å². The van der Waals surface area contributed by atoms with Crippen LogP contribution in [0.1, 0.15) is 17.3 Å². The van der Waals surface area contributed by atoms with Gasteiger partial charge in [0.25, 0.3) is 0 Å². The Morgan fingerprint density at radius 3 is 2.59 bits per heavy atom. The molecule has 0 amide bonds. The van der Waals surface area contributed by atoms with E-state index in [-0.39, 0.29) is 5.82 Å². The zero-order valence-corrected chi connectivity index (χ0v) is 12.3. The Bertz CT molecular complexity index is 751. The van der Waals surface area contributed by atoms with Gasteiger partial charge in [-0.25, -0.2) is 4.39 Å². The molecule has 0 unspecified atom stereocenters. The number of rotatable bonds is 5. The summed E-state index contributed by atoms with van der Waals surface area (Å²) in [6.45, 7) is 2.95. The maximum Gasteiger partial charge on any atom is 0.247 e. The Labute approximate surface area is 126 Å². The molecule has 2 aromatic heterocycles. The molecule has 3 aromatic rings. The Hall–Kier alpha value is -2.54. The van der Waals surface area contributed by atoms with Crippen LogP contribution >= 0.6 is 0 Å². The van der Waals surface area contributed by atoms with E-state index in [0.717, 1.165) is 11.5 Å².